The number of rotatable bonds is 6. The van der Waals surface area contributed by atoms with Gasteiger partial charge in [-0.15, -0.1) is 0 Å². The zero-order valence-corrected chi connectivity index (χ0v) is 11.4. The van der Waals surface area contributed by atoms with Crippen molar-refractivity contribution >= 4 is 5.69 Å². The van der Waals surface area contributed by atoms with Gasteiger partial charge in [-0.25, -0.2) is 0 Å². The molecule has 0 spiro atoms. The molecule has 0 aliphatic carbocycles. The second-order valence-corrected chi connectivity index (χ2v) is 4.97. The summed E-state index contributed by atoms with van der Waals surface area (Å²) in [6, 6.07) is 8.86. The smallest absolute Gasteiger partial charge is 0.0340 e. The van der Waals surface area contributed by atoms with Gasteiger partial charge in [-0.1, -0.05) is 25.5 Å². The first-order valence-electron chi connectivity index (χ1n) is 7.14. The van der Waals surface area contributed by atoms with E-state index in [1.165, 1.54) is 37.2 Å². The van der Waals surface area contributed by atoms with Crippen LogP contribution in [0.4, 0.5) is 5.69 Å². The van der Waals surface area contributed by atoms with Gasteiger partial charge in [0.1, 0.15) is 0 Å². The van der Waals surface area contributed by atoms with E-state index in [9.17, 15) is 0 Å². The number of hydrogen-bond donors (Lipinski definition) is 2. The summed E-state index contributed by atoms with van der Waals surface area (Å²) in [7, 11) is 0. The number of nitrogens with zero attached hydrogens (tertiary/aromatic N) is 1. The Kier molecular flexibility index (Phi) is 5.49. The molecule has 1 aliphatic rings. The molecule has 0 unspecified atom stereocenters. The lowest BCUT2D eigenvalue weighted by molar-refractivity contribution is 0.249. The lowest BCUT2D eigenvalue weighted by Gasteiger charge is -2.27. The summed E-state index contributed by atoms with van der Waals surface area (Å²) in [6.07, 6.45) is 2.40. The minimum atomic E-state index is 1.03. The van der Waals surface area contributed by atoms with E-state index in [0.717, 1.165) is 26.2 Å². The predicted molar refractivity (Wildman–Crippen MR) is 78.2 cm³/mol. The lowest BCUT2D eigenvalue weighted by Crippen LogP contribution is -2.45. The Morgan fingerprint density at radius 1 is 1.17 bits per heavy atom. The molecule has 1 heterocycles. The molecule has 2 N–H and O–H groups in total. The predicted octanol–water partition coefficient (Wildman–Crippen LogP) is 1.96. The summed E-state index contributed by atoms with van der Waals surface area (Å²) in [5.74, 6) is 0. The first kappa shape index (κ1) is 13.4. The van der Waals surface area contributed by atoms with Crippen LogP contribution in [0.3, 0.4) is 0 Å². The van der Waals surface area contributed by atoms with E-state index < -0.39 is 0 Å². The first-order chi connectivity index (χ1) is 8.88. The van der Waals surface area contributed by atoms with Crippen molar-refractivity contribution in [3.8, 4) is 0 Å². The number of benzene rings is 1. The fraction of sp³-hybridized carbons (Fsp3) is 0.600. The van der Waals surface area contributed by atoms with Crippen molar-refractivity contribution in [1.82, 2.24) is 10.2 Å². The fourth-order valence-electron chi connectivity index (χ4n) is 2.37. The van der Waals surface area contributed by atoms with Crippen LogP contribution in [0.5, 0.6) is 0 Å². The van der Waals surface area contributed by atoms with Gasteiger partial charge in [0.25, 0.3) is 0 Å². The third kappa shape index (κ3) is 4.31. The van der Waals surface area contributed by atoms with Crippen LogP contribution in [0.25, 0.3) is 0 Å². The van der Waals surface area contributed by atoms with Crippen molar-refractivity contribution in [3.05, 3.63) is 29.8 Å². The standard InChI is InChI=1S/C15H25N3/c1-2-3-14-4-6-15(7-5-14)17-10-13-18-11-8-16-9-12-18/h4-7,16-17H,2-3,8-13H2,1H3. The Balaban J connectivity index is 1.69. The molecule has 3 nitrogen and oxygen atoms in total. The molecular weight excluding hydrogens is 222 g/mol. The van der Waals surface area contributed by atoms with E-state index in [1.807, 2.05) is 0 Å². The highest BCUT2D eigenvalue weighted by Gasteiger charge is 2.07. The molecule has 0 aromatic heterocycles. The highest BCUT2D eigenvalue weighted by Crippen LogP contribution is 2.10. The average molecular weight is 247 g/mol. The fourth-order valence-corrected chi connectivity index (χ4v) is 2.37. The van der Waals surface area contributed by atoms with Gasteiger partial charge in [-0.05, 0) is 24.1 Å². The van der Waals surface area contributed by atoms with Gasteiger partial charge < -0.3 is 10.6 Å². The SMILES string of the molecule is CCCc1ccc(NCCN2CCNCC2)cc1. The molecule has 1 aromatic carbocycles. The van der Waals surface area contributed by atoms with Crippen LogP contribution in [0.2, 0.25) is 0 Å². The first-order valence-corrected chi connectivity index (χ1v) is 7.14. The van der Waals surface area contributed by atoms with Crippen LogP contribution >= 0.6 is 0 Å². The summed E-state index contributed by atoms with van der Waals surface area (Å²) < 4.78 is 0. The van der Waals surface area contributed by atoms with Crippen molar-refractivity contribution in [1.29, 1.82) is 0 Å². The van der Waals surface area contributed by atoms with Gasteiger partial charge in [0.2, 0.25) is 0 Å². The van der Waals surface area contributed by atoms with Crippen LogP contribution < -0.4 is 10.6 Å². The largest absolute Gasteiger partial charge is 0.384 e. The van der Waals surface area contributed by atoms with Gasteiger partial charge >= 0.3 is 0 Å². The van der Waals surface area contributed by atoms with E-state index >= 15 is 0 Å². The van der Waals surface area contributed by atoms with Gasteiger partial charge in [-0.2, -0.15) is 0 Å². The molecule has 100 valence electrons. The van der Waals surface area contributed by atoms with E-state index in [1.54, 1.807) is 0 Å². The van der Waals surface area contributed by atoms with Gasteiger partial charge in [-0.3, -0.25) is 4.90 Å². The Hall–Kier alpha value is -1.06. The second kappa shape index (κ2) is 7.39. The van der Waals surface area contributed by atoms with E-state index in [-0.39, 0.29) is 0 Å². The molecular formula is C15H25N3. The van der Waals surface area contributed by atoms with Crippen molar-refractivity contribution in [2.24, 2.45) is 0 Å². The monoisotopic (exact) mass is 247 g/mol. The maximum Gasteiger partial charge on any atom is 0.0340 e. The van der Waals surface area contributed by atoms with Crippen LogP contribution in [-0.2, 0) is 6.42 Å². The number of aryl methyl sites for hydroxylation is 1. The molecule has 0 amide bonds. The minimum Gasteiger partial charge on any atom is -0.384 e. The lowest BCUT2D eigenvalue weighted by atomic mass is 10.1. The topological polar surface area (TPSA) is 27.3 Å². The maximum absolute atomic E-state index is 3.50. The highest BCUT2D eigenvalue weighted by atomic mass is 15.2. The molecule has 1 aromatic rings. The Bertz CT molecular complexity index is 328. The molecule has 0 atom stereocenters. The normalized spacial score (nSPS) is 16.7. The number of nitrogens with one attached hydrogen (secondary N) is 2. The molecule has 0 saturated carbocycles. The minimum absolute atomic E-state index is 1.03. The highest BCUT2D eigenvalue weighted by molar-refractivity contribution is 5.44. The van der Waals surface area contributed by atoms with Crippen molar-refractivity contribution < 1.29 is 0 Å². The quantitative estimate of drug-likeness (QED) is 0.804. The maximum atomic E-state index is 3.50. The Morgan fingerprint density at radius 2 is 1.89 bits per heavy atom. The summed E-state index contributed by atoms with van der Waals surface area (Å²) in [5, 5.41) is 6.88. The van der Waals surface area contributed by atoms with Gasteiger partial charge in [0.15, 0.2) is 0 Å². The van der Waals surface area contributed by atoms with E-state index in [2.05, 4.69) is 46.7 Å². The van der Waals surface area contributed by atoms with Crippen molar-refractivity contribution in [3.63, 3.8) is 0 Å². The van der Waals surface area contributed by atoms with Crippen LogP contribution in [0.1, 0.15) is 18.9 Å². The van der Waals surface area contributed by atoms with Crippen molar-refractivity contribution in [2.75, 3.05) is 44.6 Å². The molecule has 0 bridgehead atoms. The number of hydrogen-bond acceptors (Lipinski definition) is 3. The average Bonchev–Trinajstić information content (AvgIpc) is 2.42. The molecule has 1 aliphatic heterocycles. The molecule has 0 radical (unpaired) electrons. The second-order valence-electron chi connectivity index (χ2n) is 4.97. The van der Waals surface area contributed by atoms with Crippen LogP contribution in [-0.4, -0.2) is 44.2 Å². The van der Waals surface area contributed by atoms with Crippen molar-refractivity contribution in [2.45, 2.75) is 19.8 Å². The number of anilines is 1. The van der Waals surface area contributed by atoms with Crippen LogP contribution in [0.15, 0.2) is 24.3 Å². The Labute approximate surface area is 111 Å². The zero-order chi connectivity index (χ0) is 12.6. The van der Waals surface area contributed by atoms with Crippen LogP contribution in [0, 0.1) is 0 Å². The number of piperazine rings is 1. The molecule has 2 rings (SSSR count). The molecule has 1 fully saturated rings. The zero-order valence-electron chi connectivity index (χ0n) is 11.4. The summed E-state index contributed by atoms with van der Waals surface area (Å²) in [4.78, 5) is 2.51. The van der Waals surface area contributed by atoms with E-state index in [0.29, 0.717) is 0 Å². The van der Waals surface area contributed by atoms with Gasteiger partial charge in [0.05, 0.1) is 0 Å². The summed E-state index contributed by atoms with van der Waals surface area (Å²) in [5.41, 5.74) is 2.68. The molecule has 3 heteroatoms. The third-order valence-electron chi connectivity index (χ3n) is 3.46. The van der Waals surface area contributed by atoms with Gasteiger partial charge in [0, 0.05) is 45.0 Å². The molecule has 1 saturated heterocycles. The Morgan fingerprint density at radius 3 is 2.56 bits per heavy atom. The molecule has 18 heavy (non-hydrogen) atoms. The summed E-state index contributed by atoms with van der Waals surface area (Å²) >= 11 is 0. The third-order valence-corrected chi connectivity index (χ3v) is 3.46. The van der Waals surface area contributed by atoms with E-state index in [4.69, 9.17) is 0 Å². The summed E-state index contributed by atoms with van der Waals surface area (Å²) in [6.45, 7) is 9.01.